The van der Waals surface area contributed by atoms with Crippen molar-refractivity contribution in [2.24, 2.45) is 12.8 Å². The minimum Gasteiger partial charge on any atom is -0.389 e. The van der Waals surface area contributed by atoms with Crippen molar-refractivity contribution in [3.8, 4) is 0 Å². The molecule has 2 heterocycles. The fourth-order valence-electron chi connectivity index (χ4n) is 1.53. The molecule has 0 saturated carbocycles. The van der Waals surface area contributed by atoms with Gasteiger partial charge in [0.15, 0.2) is 0 Å². The Kier molecular flexibility index (Phi) is 3.62. The summed E-state index contributed by atoms with van der Waals surface area (Å²) in [5.74, 6) is -0.0553. The molecule has 0 amide bonds. The van der Waals surface area contributed by atoms with Crippen molar-refractivity contribution >= 4 is 28.7 Å². The van der Waals surface area contributed by atoms with Crippen LogP contribution in [0.5, 0.6) is 0 Å². The lowest BCUT2D eigenvalue weighted by molar-refractivity contribution is -0.141. The maximum atomic E-state index is 12.7. The van der Waals surface area contributed by atoms with Gasteiger partial charge in [-0.25, -0.2) is 4.98 Å². The van der Waals surface area contributed by atoms with Gasteiger partial charge in [0.05, 0.1) is 17.4 Å². The molecule has 0 aromatic carbocycles. The van der Waals surface area contributed by atoms with Gasteiger partial charge in [-0.1, -0.05) is 12.2 Å². The van der Waals surface area contributed by atoms with E-state index in [1.54, 1.807) is 13.2 Å². The maximum Gasteiger partial charge on any atom is 0.433 e. The molecule has 2 aromatic rings. The zero-order chi connectivity index (χ0) is 14.9. The highest BCUT2D eigenvalue weighted by Crippen LogP contribution is 2.30. The monoisotopic (exact) mass is 301 g/mol. The summed E-state index contributed by atoms with van der Waals surface area (Å²) in [5, 5.41) is 6.62. The first-order valence-electron chi connectivity index (χ1n) is 5.41. The average Bonchev–Trinajstić information content (AvgIpc) is 2.73. The quantitative estimate of drug-likeness (QED) is 0.851. The van der Waals surface area contributed by atoms with Gasteiger partial charge in [-0.3, -0.25) is 4.68 Å². The second-order valence-corrected chi connectivity index (χ2v) is 4.42. The van der Waals surface area contributed by atoms with E-state index in [1.807, 2.05) is 0 Å². The van der Waals surface area contributed by atoms with Crippen LogP contribution < -0.4 is 11.1 Å². The summed E-state index contributed by atoms with van der Waals surface area (Å²) in [4.78, 5) is 3.49. The lowest BCUT2D eigenvalue weighted by Gasteiger charge is -2.12. The molecule has 2 rings (SSSR count). The number of halogens is 3. The zero-order valence-electron chi connectivity index (χ0n) is 10.3. The number of nitrogens with one attached hydrogen (secondary N) is 1. The van der Waals surface area contributed by atoms with Crippen molar-refractivity contribution in [3.05, 3.63) is 35.8 Å². The van der Waals surface area contributed by atoms with Crippen LogP contribution in [-0.4, -0.2) is 19.8 Å². The molecule has 0 aliphatic rings. The Morgan fingerprint density at radius 2 is 2.10 bits per heavy atom. The number of nitrogens with two attached hydrogens (primary N) is 1. The molecular weight excluding hydrogens is 291 g/mol. The maximum absolute atomic E-state index is 12.7. The largest absolute Gasteiger partial charge is 0.433 e. The Morgan fingerprint density at radius 1 is 1.40 bits per heavy atom. The van der Waals surface area contributed by atoms with E-state index in [0.29, 0.717) is 5.69 Å². The molecule has 106 valence electrons. The van der Waals surface area contributed by atoms with Gasteiger partial charge in [-0.05, 0) is 12.1 Å². The van der Waals surface area contributed by atoms with Crippen molar-refractivity contribution in [2.45, 2.75) is 6.18 Å². The van der Waals surface area contributed by atoms with E-state index in [1.165, 1.54) is 16.9 Å². The number of aromatic nitrogens is 3. The molecule has 0 bridgehead atoms. The molecule has 0 radical (unpaired) electrons. The van der Waals surface area contributed by atoms with Crippen LogP contribution in [0, 0.1) is 0 Å². The van der Waals surface area contributed by atoms with E-state index in [-0.39, 0.29) is 16.4 Å². The summed E-state index contributed by atoms with van der Waals surface area (Å²) in [6, 6.07) is 2.03. The number of pyridine rings is 1. The van der Waals surface area contributed by atoms with Gasteiger partial charge in [0.1, 0.15) is 16.5 Å². The third-order valence-electron chi connectivity index (χ3n) is 2.42. The lowest BCUT2D eigenvalue weighted by atomic mass is 10.2. The molecule has 0 spiro atoms. The summed E-state index contributed by atoms with van der Waals surface area (Å²) in [6.45, 7) is 0. The Bertz CT molecular complexity index is 650. The molecule has 0 fully saturated rings. The molecule has 0 aliphatic carbocycles. The number of hydrogen-bond acceptors (Lipinski definition) is 4. The zero-order valence-corrected chi connectivity index (χ0v) is 11.1. The first-order chi connectivity index (χ1) is 9.27. The molecule has 20 heavy (non-hydrogen) atoms. The number of rotatable bonds is 3. The van der Waals surface area contributed by atoms with Crippen molar-refractivity contribution in [3.63, 3.8) is 0 Å². The predicted molar refractivity (Wildman–Crippen MR) is 71.6 cm³/mol. The van der Waals surface area contributed by atoms with Crippen LogP contribution in [0.25, 0.3) is 0 Å². The number of alkyl halides is 3. The highest BCUT2D eigenvalue weighted by atomic mass is 32.1. The molecule has 3 N–H and O–H groups in total. The van der Waals surface area contributed by atoms with Crippen molar-refractivity contribution in [2.75, 3.05) is 5.32 Å². The van der Waals surface area contributed by atoms with Crippen LogP contribution in [-0.2, 0) is 13.2 Å². The second kappa shape index (κ2) is 5.08. The predicted octanol–water partition coefficient (Wildman–Crippen LogP) is 2.21. The summed E-state index contributed by atoms with van der Waals surface area (Å²) in [7, 11) is 1.68. The molecule has 0 atom stereocenters. The lowest BCUT2D eigenvalue weighted by Crippen LogP contribution is -2.16. The standard InChI is InChI=1S/C11H10F3N5S/c1-19-5-6(4-16-19)17-10-7(9(15)20)2-3-8(18-10)11(12,13)14/h2-5H,1H3,(H2,15,20)(H,17,18). The summed E-state index contributed by atoms with van der Waals surface area (Å²) >= 11 is 4.80. The summed E-state index contributed by atoms with van der Waals surface area (Å²) in [6.07, 6.45) is -1.50. The van der Waals surface area contributed by atoms with Gasteiger partial charge < -0.3 is 11.1 Å². The summed E-state index contributed by atoms with van der Waals surface area (Å²) in [5.41, 5.74) is 5.17. The fourth-order valence-corrected chi connectivity index (χ4v) is 1.70. The SMILES string of the molecule is Cn1cc(Nc2nc(C(F)(F)F)ccc2C(N)=S)cn1. The van der Waals surface area contributed by atoms with Gasteiger partial charge in [-0.2, -0.15) is 18.3 Å². The van der Waals surface area contributed by atoms with Crippen LogP contribution in [0.4, 0.5) is 24.7 Å². The number of anilines is 2. The van der Waals surface area contributed by atoms with Gasteiger partial charge in [-0.15, -0.1) is 0 Å². The Hall–Kier alpha value is -2.16. The molecule has 2 aromatic heterocycles. The molecule has 9 heteroatoms. The smallest absolute Gasteiger partial charge is 0.389 e. The number of hydrogen-bond donors (Lipinski definition) is 2. The van der Waals surface area contributed by atoms with E-state index in [2.05, 4.69) is 15.4 Å². The van der Waals surface area contributed by atoms with Gasteiger partial charge in [0.25, 0.3) is 0 Å². The van der Waals surface area contributed by atoms with Gasteiger partial charge in [0.2, 0.25) is 0 Å². The number of nitrogens with zero attached hydrogens (tertiary/aromatic N) is 3. The average molecular weight is 301 g/mol. The van der Waals surface area contributed by atoms with E-state index in [0.717, 1.165) is 6.07 Å². The normalized spacial score (nSPS) is 11.4. The third kappa shape index (κ3) is 3.05. The van der Waals surface area contributed by atoms with E-state index in [9.17, 15) is 13.2 Å². The highest BCUT2D eigenvalue weighted by molar-refractivity contribution is 7.80. The Morgan fingerprint density at radius 3 is 2.60 bits per heavy atom. The molecular formula is C11H10F3N5S. The van der Waals surface area contributed by atoms with E-state index >= 15 is 0 Å². The molecule has 0 unspecified atom stereocenters. The van der Waals surface area contributed by atoms with Gasteiger partial charge >= 0.3 is 6.18 Å². The minimum atomic E-state index is -4.54. The number of thiocarbonyl (C=S) groups is 1. The molecule has 5 nitrogen and oxygen atoms in total. The Balaban J connectivity index is 2.44. The summed E-state index contributed by atoms with van der Waals surface area (Å²) < 4.78 is 39.5. The third-order valence-corrected chi connectivity index (χ3v) is 2.64. The first-order valence-corrected chi connectivity index (χ1v) is 5.82. The van der Waals surface area contributed by atoms with Crippen LogP contribution in [0.15, 0.2) is 24.5 Å². The van der Waals surface area contributed by atoms with E-state index < -0.39 is 11.9 Å². The fraction of sp³-hybridized carbons (Fsp3) is 0.182. The topological polar surface area (TPSA) is 68.8 Å². The first kappa shape index (κ1) is 14.3. The highest BCUT2D eigenvalue weighted by Gasteiger charge is 2.33. The Labute approximate surface area is 117 Å². The molecule has 0 aliphatic heterocycles. The minimum absolute atomic E-state index is 0.0439. The van der Waals surface area contributed by atoms with Crippen LogP contribution in [0.1, 0.15) is 11.3 Å². The molecule has 0 saturated heterocycles. The van der Waals surface area contributed by atoms with Crippen molar-refractivity contribution < 1.29 is 13.2 Å². The second-order valence-electron chi connectivity index (χ2n) is 3.98. The van der Waals surface area contributed by atoms with Crippen LogP contribution in [0.3, 0.4) is 0 Å². The van der Waals surface area contributed by atoms with Crippen LogP contribution in [0.2, 0.25) is 0 Å². The number of aryl methyl sites for hydroxylation is 1. The van der Waals surface area contributed by atoms with Crippen molar-refractivity contribution in [1.29, 1.82) is 0 Å². The van der Waals surface area contributed by atoms with E-state index in [4.69, 9.17) is 18.0 Å². The van der Waals surface area contributed by atoms with Crippen LogP contribution >= 0.6 is 12.2 Å². The van der Waals surface area contributed by atoms with Crippen molar-refractivity contribution in [1.82, 2.24) is 14.8 Å². The van der Waals surface area contributed by atoms with Gasteiger partial charge in [0, 0.05) is 13.2 Å².